The number of esters is 2. The Morgan fingerprint density at radius 1 is 1.00 bits per heavy atom. The summed E-state index contributed by atoms with van der Waals surface area (Å²) in [4.78, 5) is 60.0. The van der Waals surface area contributed by atoms with Gasteiger partial charge in [0.05, 0.1) is 18.6 Å². The molecule has 2 rings (SSSR count). The van der Waals surface area contributed by atoms with Crippen molar-refractivity contribution < 1.29 is 42.3 Å². The highest BCUT2D eigenvalue weighted by Gasteiger charge is 2.28. The van der Waals surface area contributed by atoms with Gasteiger partial charge in [-0.1, -0.05) is 0 Å². The number of anilines is 1. The Hall–Kier alpha value is -3.82. The quantitative estimate of drug-likeness (QED) is 0.434. The number of ketones is 2. The summed E-state index contributed by atoms with van der Waals surface area (Å²) in [5.74, 6) is -3.97. The van der Waals surface area contributed by atoms with Gasteiger partial charge in [-0.3, -0.25) is 24.5 Å². The van der Waals surface area contributed by atoms with Gasteiger partial charge in [-0.15, -0.1) is 0 Å². The Kier molecular flexibility index (Phi) is 8.39. The van der Waals surface area contributed by atoms with Crippen molar-refractivity contribution in [2.24, 2.45) is 0 Å². The number of nitrogens with one attached hydrogen (secondary N) is 1. The van der Waals surface area contributed by atoms with Gasteiger partial charge in [0.2, 0.25) is 5.88 Å². The fraction of sp³-hybridized carbons (Fsp3) is 0.318. The summed E-state index contributed by atoms with van der Waals surface area (Å²) in [7, 11) is 0. The number of halogens is 1. The second kappa shape index (κ2) is 11.0. The highest BCUT2D eigenvalue weighted by molar-refractivity contribution is 6.10. The molecule has 0 aliphatic rings. The molecule has 0 aliphatic carbocycles. The van der Waals surface area contributed by atoms with Crippen molar-refractivity contribution in [3.05, 3.63) is 52.5 Å². The number of ether oxygens (including phenoxy) is 2. The number of rotatable bonds is 10. The predicted octanol–water partition coefficient (Wildman–Crippen LogP) is 3.25. The maximum Gasteiger partial charge on any atom is 0.344 e. The summed E-state index contributed by atoms with van der Waals surface area (Å²) >= 11 is 0. The van der Waals surface area contributed by atoms with Gasteiger partial charge in [-0.2, -0.15) is 0 Å². The third kappa shape index (κ3) is 6.34. The summed E-state index contributed by atoms with van der Waals surface area (Å²) in [5.41, 5.74) is 0.00868. The molecule has 9 nitrogen and oxygen atoms in total. The molecular formula is C22H22FNO8. The fourth-order valence-electron chi connectivity index (χ4n) is 2.83. The van der Waals surface area contributed by atoms with Gasteiger partial charge in [0.1, 0.15) is 17.1 Å². The summed E-state index contributed by atoms with van der Waals surface area (Å²) in [6.07, 6.45) is -0.468. The molecule has 170 valence electrons. The van der Waals surface area contributed by atoms with Gasteiger partial charge in [0.25, 0.3) is 5.91 Å². The van der Waals surface area contributed by atoms with Gasteiger partial charge in [-0.25, -0.2) is 9.18 Å². The van der Waals surface area contributed by atoms with Crippen LogP contribution in [0.1, 0.15) is 63.5 Å². The highest BCUT2D eigenvalue weighted by Crippen LogP contribution is 2.28. The van der Waals surface area contributed by atoms with Crippen molar-refractivity contribution >= 4 is 35.3 Å². The maximum absolute atomic E-state index is 12.9. The van der Waals surface area contributed by atoms with Crippen LogP contribution in [0.25, 0.3) is 0 Å². The molecule has 1 heterocycles. The molecule has 0 fully saturated rings. The number of hydrogen-bond acceptors (Lipinski definition) is 8. The standard InChI is InChI=1S/C22H22FNO8/c1-4-30-22(29)20-19(12(2)25)13(3)32-21(20)24-17(27)11-31-18(28)10-9-16(26)14-5-7-15(23)8-6-14/h5-8H,4,9-11H2,1-3H3,(H,24,27). The van der Waals surface area contributed by atoms with Crippen molar-refractivity contribution in [1.82, 2.24) is 0 Å². The van der Waals surface area contributed by atoms with Crippen LogP contribution in [0.5, 0.6) is 0 Å². The smallest absolute Gasteiger partial charge is 0.344 e. The number of hydrogen-bond donors (Lipinski definition) is 1. The Labute approximate surface area is 182 Å². The maximum atomic E-state index is 12.9. The average Bonchev–Trinajstić information content (AvgIpc) is 3.07. The molecular weight excluding hydrogens is 425 g/mol. The van der Waals surface area contributed by atoms with E-state index < -0.39 is 36.1 Å². The summed E-state index contributed by atoms with van der Waals surface area (Å²) < 4.78 is 28.0. The van der Waals surface area contributed by atoms with E-state index >= 15 is 0 Å². The molecule has 0 spiro atoms. The largest absolute Gasteiger partial charge is 0.462 e. The van der Waals surface area contributed by atoms with Gasteiger partial charge < -0.3 is 13.9 Å². The molecule has 0 atom stereocenters. The minimum absolute atomic E-state index is 0.0185. The van der Waals surface area contributed by atoms with Gasteiger partial charge in [0, 0.05) is 12.0 Å². The summed E-state index contributed by atoms with van der Waals surface area (Å²) in [6, 6.07) is 4.87. The monoisotopic (exact) mass is 447 g/mol. The Bertz CT molecular complexity index is 1040. The summed E-state index contributed by atoms with van der Waals surface area (Å²) in [5, 5.41) is 2.28. The second-order valence-electron chi connectivity index (χ2n) is 6.65. The lowest BCUT2D eigenvalue weighted by atomic mass is 10.1. The zero-order valence-corrected chi connectivity index (χ0v) is 17.8. The van der Waals surface area contributed by atoms with E-state index in [-0.39, 0.29) is 53.6 Å². The fourth-order valence-corrected chi connectivity index (χ4v) is 2.83. The van der Waals surface area contributed by atoms with Crippen LogP contribution in [-0.4, -0.2) is 42.6 Å². The van der Waals surface area contributed by atoms with Gasteiger partial charge >= 0.3 is 11.9 Å². The molecule has 1 aromatic carbocycles. The highest BCUT2D eigenvalue weighted by atomic mass is 19.1. The minimum Gasteiger partial charge on any atom is -0.462 e. The van der Waals surface area contributed by atoms with Crippen molar-refractivity contribution in [2.75, 3.05) is 18.5 Å². The molecule has 10 heteroatoms. The van der Waals surface area contributed by atoms with E-state index in [2.05, 4.69) is 5.32 Å². The molecule has 2 aromatic rings. The third-order valence-electron chi connectivity index (χ3n) is 4.26. The van der Waals surface area contributed by atoms with Crippen LogP contribution in [0.3, 0.4) is 0 Å². The Morgan fingerprint density at radius 2 is 1.66 bits per heavy atom. The molecule has 0 radical (unpaired) electrons. The second-order valence-corrected chi connectivity index (χ2v) is 6.65. The molecule has 0 bridgehead atoms. The van der Waals surface area contributed by atoms with E-state index in [1.807, 2.05) is 0 Å². The van der Waals surface area contributed by atoms with Crippen LogP contribution in [-0.2, 0) is 19.1 Å². The van der Waals surface area contributed by atoms with Crippen molar-refractivity contribution in [3.8, 4) is 0 Å². The third-order valence-corrected chi connectivity index (χ3v) is 4.26. The number of benzene rings is 1. The molecule has 0 saturated heterocycles. The van der Waals surface area contributed by atoms with Gasteiger partial charge in [-0.05, 0) is 45.0 Å². The molecule has 1 N–H and O–H groups in total. The van der Waals surface area contributed by atoms with E-state index in [4.69, 9.17) is 13.9 Å². The Balaban J connectivity index is 1.93. The van der Waals surface area contributed by atoms with Crippen LogP contribution >= 0.6 is 0 Å². The van der Waals surface area contributed by atoms with E-state index in [1.165, 1.54) is 26.0 Å². The first-order valence-electron chi connectivity index (χ1n) is 9.69. The number of aryl methyl sites for hydroxylation is 1. The lowest BCUT2D eigenvalue weighted by Gasteiger charge is -2.07. The lowest BCUT2D eigenvalue weighted by molar-refractivity contribution is -0.147. The van der Waals surface area contributed by atoms with Gasteiger partial charge in [0.15, 0.2) is 18.2 Å². The zero-order chi connectivity index (χ0) is 23.8. The SMILES string of the molecule is CCOC(=O)c1c(NC(=O)COC(=O)CCC(=O)c2ccc(F)cc2)oc(C)c1C(C)=O. The number of furan rings is 1. The molecule has 1 aromatic heterocycles. The lowest BCUT2D eigenvalue weighted by Crippen LogP contribution is -2.22. The van der Waals surface area contributed by atoms with E-state index in [9.17, 15) is 28.4 Å². The zero-order valence-electron chi connectivity index (χ0n) is 17.8. The average molecular weight is 447 g/mol. The first-order chi connectivity index (χ1) is 15.1. The number of carbonyl (C=O) groups excluding carboxylic acids is 5. The van der Waals surface area contributed by atoms with E-state index in [0.717, 1.165) is 12.1 Å². The van der Waals surface area contributed by atoms with Crippen LogP contribution in [0.4, 0.5) is 10.3 Å². The van der Waals surface area contributed by atoms with Crippen molar-refractivity contribution in [3.63, 3.8) is 0 Å². The number of carbonyl (C=O) groups is 5. The van der Waals surface area contributed by atoms with E-state index in [1.54, 1.807) is 6.92 Å². The van der Waals surface area contributed by atoms with Crippen LogP contribution < -0.4 is 5.32 Å². The molecule has 1 amide bonds. The van der Waals surface area contributed by atoms with Crippen molar-refractivity contribution in [2.45, 2.75) is 33.6 Å². The molecule has 0 unspecified atom stereocenters. The summed E-state index contributed by atoms with van der Waals surface area (Å²) in [6.45, 7) is 3.61. The number of Topliss-reactive ketones (excluding diaryl/α,β-unsaturated/α-hetero) is 2. The molecule has 32 heavy (non-hydrogen) atoms. The molecule has 0 saturated carbocycles. The molecule has 0 aliphatic heterocycles. The van der Waals surface area contributed by atoms with Crippen LogP contribution in [0, 0.1) is 12.7 Å². The van der Waals surface area contributed by atoms with Crippen LogP contribution in [0.2, 0.25) is 0 Å². The normalized spacial score (nSPS) is 10.4. The predicted molar refractivity (Wildman–Crippen MR) is 109 cm³/mol. The topological polar surface area (TPSA) is 129 Å². The minimum atomic E-state index is -0.846. The van der Waals surface area contributed by atoms with E-state index in [0.29, 0.717) is 0 Å². The van der Waals surface area contributed by atoms with Crippen molar-refractivity contribution in [1.29, 1.82) is 0 Å². The number of amides is 1. The van der Waals surface area contributed by atoms with Crippen LogP contribution in [0.15, 0.2) is 28.7 Å². The Morgan fingerprint density at radius 3 is 2.25 bits per heavy atom. The first-order valence-corrected chi connectivity index (χ1v) is 9.69. The first kappa shape index (κ1) is 24.4.